The fourth-order valence-electron chi connectivity index (χ4n) is 3.40. The Morgan fingerprint density at radius 2 is 2.04 bits per heavy atom. The van der Waals surface area contributed by atoms with Crippen LogP contribution in [-0.4, -0.2) is 53.9 Å². The van der Waals surface area contributed by atoms with E-state index in [1.54, 1.807) is 6.07 Å². The largest absolute Gasteiger partial charge is 0.486 e. The molecule has 26 heavy (non-hydrogen) atoms. The van der Waals surface area contributed by atoms with Gasteiger partial charge in [0.15, 0.2) is 11.5 Å². The first kappa shape index (κ1) is 17.1. The lowest BCUT2D eigenvalue weighted by Crippen LogP contribution is -2.42. The quantitative estimate of drug-likeness (QED) is 0.871. The number of nitrogens with one attached hydrogen (secondary N) is 1. The first-order valence-electron chi connectivity index (χ1n) is 9.02. The fraction of sp³-hybridized carbons (Fsp3) is 0.474. The molecule has 2 aromatic rings. The van der Waals surface area contributed by atoms with Crippen molar-refractivity contribution in [2.45, 2.75) is 25.5 Å². The highest BCUT2D eigenvalue weighted by Gasteiger charge is 2.21. The smallest absolute Gasteiger partial charge is 0.250 e. The van der Waals surface area contributed by atoms with E-state index in [9.17, 15) is 4.79 Å². The number of rotatable bonds is 5. The molecule has 0 aliphatic carbocycles. The van der Waals surface area contributed by atoms with Gasteiger partial charge in [-0.05, 0) is 30.5 Å². The minimum absolute atomic E-state index is 0.111. The van der Waals surface area contributed by atoms with Crippen LogP contribution >= 0.6 is 0 Å². The molecule has 2 aliphatic rings. The van der Waals surface area contributed by atoms with Crippen LogP contribution in [0.25, 0.3) is 0 Å². The highest BCUT2D eigenvalue weighted by molar-refractivity contribution is 5.43. The number of aryl methyl sites for hydroxylation is 1. The van der Waals surface area contributed by atoms with Crippen LogP contribution in [0, 0.1) is 0 Å². The van der Waals surface area contributed by atoms with Gasteiger partial charge in [0.2, 0.25) is 0 Å². The molecule has 0 spiro atoms. The molecule has 3 heterocycles. The molecule has 0 bridgehead atoms. The van der Waals surface area contributed by atoms with E-state index in [2.05, 4.69) is 27.0 Å². The molecule has 7 heteroatoms. The third-order valence-electron chi connectivity index (χ3n) is 4.69. The molecule has 1 aromatic carbocycles. The lowest BCUT2D eigenvalue weighted by Gasteiger charge is -2.33. The van der Waals surface area contributed by atoms with Crippen molar-refractivity contribution in [2.75, 3.05) is 32.9 Å². The summed E-state index contributed by atoms with van der Waals surface area (Å²) in [6.45, 7) is 4.58. The lowest BCUT2D eigenvalue weighted by molar-refractivity contribution is -0.0347. The third kappa shape index (κ3) is 4.23. The fourth-order valence-corrected chi connectivity index (χ4v) is 3.40. The average Bonchev–Trinajstić information content (AvgIpc) is 2.67. The van der Waals surface area contributed by atoms with Gasteiger partial charge in [-0.15, -0.1) is 0 Å². The lowest BCUT2D eigenvalue weighted by atomic mass is 10.1. The number of fused-ring (bicyclic) bond motifs is 1. The van der Waals surface area contributed by atoms with Crippen LogP contribution in [0.3, 0.4) is 0 Å². The minimum Gasteiger partial charge on any atom is -0.486 e. The number of hydrogen-bond acceptors (Lipinski definition) is 6. The van der Waals surface area contributed by atoms with Gasteiger partial charge in [0.1, 0.15) is 13.2 Å². The molecular formula is C19H23N3O4. The zero-order chi connectivity index (χ0) is 17.8. The molecule has 1 aromatic heterocycles. The van der Waals surface area contributed by atoms with Crippen molar-refractivity contribution in [1.82, 2.24) is 14.9 Å². The van der Waals surface area contributed by atoms with E-state index in [-0.39, 0.29) is 11.7 Å². The Hall–Kier alpha value is -2.38. The van der Waals surface area contributed by atoms with Crippen molar-refractivity contribution in [3.05, 3.63) is 52.2 Å². The number of aromatic nitrogens is 2. The van der Waals surface area contributed by atoms with Gasteiger partial charge in [-0.3, -0.25) is 9.69 Å². The van der Waals surface area contributed by atoms with Crippen LogP contribution in [0.1, 0.15) is 17.7 Å². The van der Waals surface area contributed by atoms with Gasteiger partial charge in [0.05, 0.1) is 19.0 Å². The predicted octanol–water partition coefficient (Wildman–Crippen LogP) is 1.37. The molecule has 1 saturated heterocycles. The number of aromatic amines is 1. The van der Waals surface area contributed by atoms with Crippen molar-refractivity contribution in [2.24, 2.45) is 0 Å². The Morgan fingerprint density at radius 1 is 1.15 bits per heavy atom. The van der Waals surface area contributed by atoms with Crippen LogP contribution in [0.4, 0.5) is 0 Å². The number of benzene rings is 1. The molecule has 1 fully saturated rings. The van der Waals surface area contributed by atoms with E-state index in [0.29, 0.717) is 13.2 Å². The Labute approximate surface area is 151 Å². The topological polar surface area (TPSA) is 76.7 Å². The van der Waals surface area contributed by atoms with E-state index in [0.717, 1.165) is 56.3 Å². The summed E-state index contributed by atoms with van der Waals surface area (Å²) < 4.78 is 17.1. The highest BCUT2D eigenvalue weighted by Crippen LogP contribution is 2.31. The number of H-pyrrole nitrogens is 1. The van der Waals surface area contributed by atoms with E-state index in [1.165, 1.54) is 11.9 Å². The maximum atomic E-state index is 11.3. The SMILES string of the molecule is O=c1cc(CCC2CN(Cc3ccc4c(c3)OCCO4)CCO2)nc[nH]1. The van der Waals surface area contributed by atoms with Gasteiger partial charge in [-0.25, -0.2) is 4.98 Å². The summed E-state index contributed by atoms with van der Waals surface area (Å²) >= 11 is 0. The van der Waals surface area contributed by atoms with E-state index >= 15 is 0 Å². The Balaban J connectivity index is 1.32. The van der Waals surface area contributed by atoms with Crippen molar-refractivity contribution >= 4 is 0 Å². The van der Waals surface area contributed by atoms with Gasteiger partial charge in [-0.1, -0.05) is 6.07 Å². The first-order valence-corrected chi connectivity index (χ1v) is 9.02. The van der Waals surface area contributed by atoms with Crippen molar-refractivity contribution in [3.63, 3.8) is 0 Å². The van der Waals surface area contributed by atoms with E-state index < -0.39 is 0 Å². The molecule has 1 N–H and O–H groups in total. The standard InChI is InChI=1S/C19H23N3O4/c23-19-10-15(20-13-21-19)2-3-16-12-22(5-6-24-16)11-14-1-4-17-18(9-14)26-8-7-25-17/h1,4,9-10,13,16H,2-3,5-8,11-12H2,(H,20,21,23). The van der Waals surface area contributed by atoms with Crippen molar-refractivity contribution < 1.29 is 14.2 Å². The number of hydrogen-bond donors (Lipinski definition) is 1. The van der Waals surface area contributed by atoms with E-state index in [4.69, 9.17) is 14.2 Å². The van der Waals surface area contributed by atoms with Crippen LogP contribution in [0.2, 0.25) is 0 Å². The minimum atomic E-state index is -0.111. The average molecular weight is 357 g/mol. The second-order valence-electron chi connectivity index (χ2n) is 6.65. The van der Waals surface area contributed by atoms with Gasteiger partial charge in [0, 0.05) is 31.4 Å². The van der Waals surface area contributed by atoms with Crippen LogP contribution in [0.5, 0.6) is 11.5 Å². The van der Waals surface area contributed by atoms with E-state index in [1.807, 2.05) is 6.07 Å². The summed E-state index contributed by atoms with van der Waals surface area (Å²) in [6, 6.07) is 7.70. The Morgan fingerprint density at radius 3 is 2.92 bits per heavy atom. The zero-order valence-corrected chi connectivity index (χ0v) is 14.6. The van der Waals surface area contributed by atoms with Crippen molar-refractivity contribution in [1.29, 1.82) is 0 Å². The third-order valence-corrected chi connectivity index (χ3v) is 4.69. The predicted molar refractivity (Wildman–Crippen MR) is 95.6 cm³/mol. The highest BCUT2D eigenvalue weighted by atomic mass is 16.6. The normalized spacial score (nSPS) is 20.1. The molecular weight excluding hydrogens is 334 g/mol. The van der Waals surface area contributed by atoms with Crippen molar-refractivity contribution in [3.8, 4) is 11.5 Å². The van der Waals surface area contributed by atoms with Crippen LogP contribution in [0.15, 0.2) is 35.4 Å². The maximum absolute atomic E-state index is 11.3. The van der Waals surface area contributed by atoms with Gasteiger partial charge >= 0.3 is 0 Å². The molecule has 1 unspecified atom stereocenters. The number of ether oxygens (including phenoxy) is 3. The monoisotopic (exact) mass is 357 g/mol. The summed E-state index contributed by atoms with van der Waals surface area (Å²) in [6.07, 6.45) is 3.20. The van der Waals surface area contributed by atoms with Gasteiger partial charge in [-0.2, -0.15) is 0 Å². The Bertz CT molecular complexity index is 807. The molecule has 7 nitrogen and oxygen atoms in total. The summed E-state index contributed by atoms with van der Waals surface area (Å²) in [4.78, 5) is 20.5. The van der Waals surface area contributed by atoms with Crippen LogP contribution in [-0.2, 0) is 17.7 Å². The second-order valence-corrected chi connectivity index (χ2v) is 6.65. The summed E-state index contributed by atoms with van der Waals surface area (Å²) in [5.74, 6) is 1.66. The van der Waals surface area contributed by atoms with Gasteiger partial charge in [0.25, 0.3) is 5.56 Å². The molecule has 2 aliphatic heterocycles. The molecule has 0 radical (unpaired) electrons. The summed E-state index contributed by atoms with van der Waals surface area (Å²) in [5.41, 5.74) is 1.91. The molecule has 1 atom stereocenters. The molecule has 0 amide bonds. The molecule has 138 valence electrons. The first-order chi connectivity index (χ1) is 12.8. The second kappa shape index (κ2) is 7.88. The zero-order valence-electron chi connectivity index (χ0n) is 14.6. The maximum Gasteiger partial charge on any atom is 0.250 e. The van der Waals surface area contributed by atoms with Gasteiger partial charge < -0.3 is 19.2 Å². The number of morpholine rings is 1. The summed E-state index contributed by atoms with van der Waals surface area (Å²) in [7, 11) is 0. The summed E-state index contributed by atoms with van der Waals surface area (Å²) in [5, 5.41) is 0. The number of nitrogens with zero attached hydrogens (tertiary/aromatic N) is 2. The van der Waals surface area contributed by atoms with Crippen LogP contribution < -0.4 is 15.0 Å². The Kier molecular flexibility index (Phi) is 5.17. The molecule has 0 saturated carbocycles. The molecule has 4 rings (SSSR count).